The van der Waals surface area contributed by atoms with Crippen molar-refractivity contribution >= 4 is 11.8 Å². The zero-order chi connectivity index (χ0) is 24.8. The maximum Gasteiger partial charge on any atom is 0.253 e. The van der Waals surface area contributed by atoms with E-state index < -0.39 is 5.82 Å². The Hall–Kier alpha value is -3.74. The maximum absolute atomic E-state index is 13.4. The van der Waals surface area contributed by atoms with Crippen LogP contribution < -0.4 is 10.1 Å². The number of benzene rings is 3. The molecule has 0 radical (unpaired) electrons. The summed E-state index contributed by atoms with van der Waals surface area (Å²) in [7, 11) is 1.59. The zero-order valence-corrected chi connectivity index (χ0v) is 19.5. The molecule has 1 aliphatic rings. The normalized spacial score (nSPS) is 16.4. The van der Waals surface area contributed by atoms with Crippen LogP contribution in [0.3, 0.4) is 0 Å². The van der Waals surface area contributed by atoms with Gasteiger partial charge in [-0.1, -0.05) is 24.3 Å². The highest BCUT2D eigenvalue weighted by Crippen LogP contribution is 2.25. The average Bonchev–Trinajstić information content (AvgIpc) is 2.89. The van der Waals surface area contributed by atoms with Crippen LogP contribution in [0, 0.1) is 17.6 Å². The maximum atomic E-state index is 13.4. The summed E-state index contributed by atoms with van der Waals surface area (Å²) in [5, 5.41) is 3.15. The first-order valence-corrected chi connectivity index (χ1v) is 11.7. The molecule has 0 bridgehead atoms. The van der Waals surface area contributed by atoms with Crippen molar-refractivity contribution in [2.45, 2.75) is 25.3 Å². The van der Waals surface area contributed by atoms with Crippen LogP contribution in [0.15, 0.2) is 72.8 Å². The third-order valence-electron chi connectivity index (χ3n) is 6.36. The Bertz CT molecular complexity index is 1150. The van der Waals surface area contributed by atoms with Crippen molar-refractivity contribution in [1.82, 2.24) is 10.2 Å². The number of halogens is 2. The number of rotatable bonds is 7. The molecule has 182 valence electrons. The third kappa shape index (κ3) is 6.23. The van der Waals surface area contributed by atoms with E-state index >= 15 is 0 Å². The van der Waals surface area contributed by atoms with E-state index in [1.54, 1.807) is 24.1 Å². The minimum Gasteiger partial charge on any atom is -0.497 e. The van der Waals surface area contributed by atoms with Gasteiger partial charge in [0.05, 0.1) is 19.1 Å². The van der Waals surface area contributed by atoms with E-state index in [1.807, 2.05) is 24.3 Å². The van der Waals surface area contributed by atoms with Crippen LogP contribution in [0.2, 0.25) is 0 Å². The van der Waals surface area contributed by atoms with Gasteiger partial charge < -0.3 is 15.0 Å². The van der Waals surface area contributed by atoms with Crippen LogP contribution in [0.4, 0.5) is 8.78 Å². The van der Waals surface area contributed by atoms with Gasteiger partial charge in [-0.15, -0.1) is 0 Å². The Labute approximate surface area is 203 Å². The highest BCUT2D eigenvalue weighted by molar-refractivity contribution is 5.94. The monoisotopic (exact) mass is 478 g/mol. The topological polar surface area (TPSA) is 58.6 Å². The smallest absolute Gasteiger partial charge is 0.253 e. The van der Waals surface area contributed by atoms with Crippen LogP contribution in [0.1, 0.15) is 40.4 Å². The van der Waals surface area contributed by atoms with E-state index in [9.17, 15) is 18.4 Å². The number of carbonyl (C=O) groups excluding carboxylic acids is 2. The Kier molecular flexibility index (Phi) is 7.75. The summed E-state index contributed by atoms with van der Waals surface area (Å²) in [6, 6.07) is 18.8. The van der Waals surface area contributed by atoms with E-state index in [-0.39, 0.29) is 29.6 Å². The van der Waals surface area contributed by atoms with Crippen molar-refractivity contribution in [3.05, 3.63) is 101 Å². The van der Waals surface area contributed by atoms with Crippen LogP contribution in [0.25, 0.3) is 0 Å². The van der Waals surface area contributed by atoms with E-state index in [0.29, 0.717) is 43.7 Å². The lowest BCUT2D eigenvalue weighted by Gasteiger charge is -2.33. The van der Waals surface area contributed by atoms with Crippen molar-refractivity contribution in [2.75, 3.05) is 20.2 Å². The molecule has 0 saturated carbocycles. The average molecular weight is 479 g/mol. The Morgan fingerprint density at radius 3 is 2.23 bits per heavy atom. The largest absolute Gasteiger partial charge is 0.497 e. The molecule has 2 atom stereocenters. The van der Waals surface area contributed by atoms with Crippen molar-refractivity contribution in [3.63, 3.8) is 0 Å². The van der Waals surface area contributed by atoms with Crippen molar-refractivity contribution < 1.29 is 23.1 Å². The first-order chi connectivity index (χ1) is 16.9. The Balaban J connectivity index is 1.48. The van der Waals surface area contributed by atoms with Crippen molar-refractivity contribution in [3.8, 4) is 5.75 Å². The van der Waals surface area contributed by atoms with Crippen LogP contribution in [0.5, 0.6) is 5.75 Å². The predicted octanol–water partition coefficient (Wildman–Crippen LogP) is 4.93. The molecule has 1 aliphatic heterocycles. The molecule has 0 spiro atoms. The standard InChI is InChI=1S/C28H28F2N2O3/c1-35-25-14-8-20(9-15-25)26(17-19-4-10-23(29)11-5-19)31-27(33)22-3-2-16-32(18-22)28(34)21-6-12-24(30)13-7-21/h4-15,22,26H,2-3,16-18H2,1H3,(H,31,33). The molecule has 1 heterocycles. The summed E-state index contributed by atoms with van der Waals surface area (Å²) >= 11 is 0. The van der Waals surface area contributed by atoms with E-state index in [4.69, 9.17) is 4.74 Å². The second-order valence-corrected chi connectivity index (χ2v) is 8.76. The summed E-state index contributed by atoms with van der Waals surface area (Å²) in [6.07, 6.45) is 1.87. The van der Waals surface area contributed by atoms with Gasteiger partial charge in [0.2, 0.25) is 5.91 Å². The molecular formula is C28H28F2N2O3. The number of amides is 2. The number of nitrogens with one attached hydrogen (secondary N) is 1. The molecule has 1 N–H and O–H groups in total. The van der Waals surface area contributed by atoms with Gasteiger partial charge >= 0.3 is 0 Å². The summed E-state index contributed by atoms with van der Waals surface area (Å²) in [4.78, 5) is 27.9. The van der Waals surface area contributed by atoms with Crippen molar-refractivity contribution in [2.24, 2.45) is 5.92 Å². The first-order valence-electron chi connectivity index (χ1n) is 11.7. The number of ether oxygens (including phenoxy) is 1. The molecule has 2 amide bonds. The van der Waals surface area contributed by atoms with Crippen LogP contribution >= 0.6 is 0 Å². The molecule has 3 aromatic rings. The zero-order valence-electron chi connectivity index (χ0n) is 19.5. The van der Waals surface area contributed by atoms with Gasteiger partial charge in [0.25, 0.3) is 5.91 Å². The molecule has 1 saturated heterocycles. The van der Waals surface area contributed by atoms with E-state index in [1.165, 1.54) is 36.4 Å². The quantitative estimate of drug-likeness (QED) is 0.524. The van der Waals surface area contributed by atoms with E-state index in [2.05, 4.69) is 5.32 Å². The van der Waals surface area contributed by atoms with Crippen LogP contribution in [-0.4, -0.2) is 36.9 Å². The lowest BCUT2D eigenvalue weighted by molar-refractivity contribution is -0.127. The number of likely N-dealkylation sites (tertiary alicyclic amines) is 1. The fourth-order valence-corrected chi connectivity index (χ4v) is 4.38. The highest BCUT2D eigenvalue weighted by Gasteiger charge is 2.30. The number of piperidine rings is 1. The Morgan fingerprint density at radius 1 is 0.971 bits per heavy atom. The molecule has 0 aromatic heterocycles. The van der Waals surface area contributed by atoms with Gasteiger partial charge in [0, 0.05) is 18.7 Å². The minimum atomic E-state index is -0.400. The lowest BCUT2D eigenvalue weighted by atomic mass is 9.94. The van der Waals surface area contributed by atoms with E-state index in [0.717, 1.165) is 11.1 Å². The molecule has 0 aliphatic carbocycles. The summed E-state index contributed by atoms with van der Waals surface area (Å²) in [6.45, 7) is 0.853. The minimum absolute atomic E-state index is 0.135. The molecule has 35 heavy (non-hydrogen) atoms. The number of methoxy groups -OCH3 is 1. The number of hydrogen-bond acceptors (Lipinski definition) is 3. The third-order valence-corrected chi connectivity index (χ3v) is 6.36. The molecule has 5 nitrogen and oxygen atoms in total. The fraction of sp³-hybridized carbons (Fsp3) is 0.286. The summed E-state index contributed by atoms with van der Waals surface area (Å²) in [5.74, 6) is -0.704. The predicted molar refractivity (Wildman–Crippen MR) is 129 cm³/mol. The summed E-state index contributed by atoms with van der Waals surface area (Å²) < 4.78 is 31.9. The molecular weight excluding hydrogens is 450 g/mol. The number of nitrogens with zero attached hydrogens (tertiary/aromatic N) is 1. The van der Waals surface area contributed by atoms with Gasteiger partial charge in [0.1, 0.15) is 17.4 Å². The van der Waals surface area contributed by atoms with Crippen LogP contribution in [-0.2, 0) is 11.2 Å². The highest BCUT2D eigenvalue weighted by atomic mass is 19.1. The molecule has 3 aromatic carbocycles. The number of hydrogen-bond donors (Lipinski definition) is 1. The van der Waals surface area contributed by atoms with Gasteiger partial charge in [-0.05, 0) is 78.9 Å². The van der Waals surface area contributed by atoms with Crippen molar-refractivity contribution in [1.29, 1.82) is 0 Å². The molecule has 7 heteroatoms. The second-order valence-electron chi connectivity index (χ2n) is 8.76. The van der Waals surface area contributed by atoms with Gasteiger partial charge in [-0.2, -0.15) is 0 Å². The summed E-state index contributed by atoms with van der Waals surface area (Å²) in [5.41, 5.74) is 2.20. The SMILES string of the molecule is COc1ccc(C(Cc2ccc(F)cc2)NC(=O)C2CCCN(C(=O)c3ccc(F)cc3)C2)cc1. The number of carbonyl (C=O) groups is 2. The van der Waals surface area contributed by atoms with Gasteiger partial charge in [-0.3, -0.25) is 9.59 Å². The first kappa shape index (κ1) is 24.4. The molecule has 4 rings (SSSR count). The Morgan fingerprint density at radius 2 is 1.60 bits per heavy atom. The molecule has 1 fully saturated rings. The lowest BCUT2D eigenvalue weighted by Crippen LogP contribution is -2.46. The van der Waals surface area contributed by atoms with Gasteiger partial charge in [-0.25, -0.2) is 8.78 Å². The molecule has 2 unspecified atom stereocenters. The second kappa shape index (κ2) is 11.1. The fourth-order valence-electron chi connectivity index (χ4n) is 4.38. The van der Waals surface area contributed by atoms with Gasteiger partial charge in [0.15, 0.2) is 0 Å².